The zero-order chi connectivity index (χ0) is 52.6. The SMILES string of the molecule is CC[N+]1=C(/C=C/C=C/C=C2/N(CCCCCC(=O)NCc3c4oc5cc(O)ccc5c(-c5ccc(C(=O)O)cc5C(=O)O)c-4ccc3=O)c3c(cccc3S(=O)(=O)O)C2(C)C)C(C)(C)c2cc(SOO)ccc21. The molecule has 0 bridgehead atoms. The fourth-order valence-corrected chi connectivity index (χ4v) is 11.2. The van der Waals surface area contributed by atoms with Gasteiger partial charge in [-0.2, -0.15) is 17.3 Å². The van der Waals surface area contributed by atoms with Crippen molar-refractivity contribution in [2.24, 2.45) is 0 Å². The number of fused-ring (bicyclic) bond motifs is 4. The zero-order valence-electron chi connectivity index (χ0n) is 40.6. The van der Waals surface area contributed by atoms with E-state index < -0.39 is 32.9 Å². The molecule has 4 aliphatic rings. The lowest BCUT2D eigenvalue weighted by molar-refractivity contribution is -0.433. The highest BCUT2D eigenvalue weighted by atomic mass is 32.2. The molecule has 0 saturated carbocycles. The van der Waals surface area contributed by atoms with Gasteiger partial charge in [0, 0.05) is 69.3 Å². The van der Waals surface area contributed by atoms with Gasteiger partial charge in [0.2, 0.25) is 11.6 Å². The van der Waals surface area contributed by atoms with Crippen molar-refractivity contribution in [3.8, 4) is 28.2 Å². The molecule has 0 fully saturated rings. The predicted molar refractivity (Wildman–Crippen MR) is 278 cm³/mol. The summed E-state index contributed by atoms with van der Waals surface area (Å²) in [6, 6.07) is 21.5. The first-order chi connectivity index (χ1) is 34.7. The standard InChI is InChI=1S/C55H53N3O13S2/c1-6-57-42-25-21-34(72-71-66)30-41(42)55(4,5)46(57)16-9-7-10-17-47-54(2,3)40-14-13-15-45(73(67,68)69)50(40)58(47)27-12-8-11-18-48(61)56-31-39-43(60)26-24-37-49(36-23-20-33(59)29-44(36)70-51(37)39)35-22-19-32(52(62)63)28-38(35)53(64)65/h7,9-10,13-17,19-26,28-30H,6,8,11-12,18,27,31H2,1-5H3,(H5-,56,59,60,61,62,63,64,65,66,67,68,69)/p+1. The molecule has 3 heterocycles. The zero-order valence-corrected chi connectivity index (χ0v) is 42.3. The molecule has 0 unspecified atom stereocenters. The van der Waals surface area contributed by atoms with Crippen molar-refractivity contribution in [1.82, 2.24) is 5.32 Å². The van der Waals surface area contributed by atoms with Crippen LogP contribution in [0.1, 0.15) is 97.7 Å². The first-order valence-electron chi connectivity index (χ1n) is 23.5. The smallest absolute Gasteiger partial charge is 0.336 e. The number of carboxylic acid groups (broad SMARTS) is 2. The number of phenols is 1. The Morgan fingerprint density at radius 1 is 0.863 bits per heavy atom. The molecule has 1 aliphatic carbocycles. The number of nitrogens with one attached hydrogen (secondary N) is 1. The highest BCUT2D eigenvalue weighted by Crippen LogP contribution is 2.51. The van der Waals surface area contributed by atoms with Gasteiger partial charge in [-0.05, 0) is 105 Å². The van der Waals surface area contributed by atoms with Gasteiger partial charge in [0.1, 0.15) is 28.5 Å². The van der Waals surface area contributed by atoms with Gasteiger partial charge in [-0.1, -0.05) is 56.7 Å². The summed E-state index contributed by atoms with van der Waals surface area (Å²) in [7, 11) is -4.62. The number of benzene rings is 5. The van der Waals surface area contributed by atoms with Crippen LogP contribution in [0.3, 0.4) is 0 Å². The number of nitrogens with zero attached hydrogens (tertiary/aromatic N) is 2. The maximum Gasteiger partial charge on any atom is 0.336 e. The molecule has 18 heteroatoms. The molecule has 73 heavy (non-hydrogen) atoms. The number of hydrogen-bond donors (Lipinski definition) is 6. The topological polar surface area (TPSA) is 244 Å². The minimum atomic E-state index is -4.62. The van der Waals surface area contributed by atoms with E-state index in [1.54, 1.807) is 6.07 Å². The summed E-state index contributed by atoms with van der Waals surface area (Å²) in [4.78, 5) is 53.5. The Balaban J connectivity index is 0.978. The van der Waals surface area contributed by atoms with Gasteiger partial charge in [0.15, 0.2) is 11.1 Å². The van der Waals surface area contributed by atoms with Gasteiger partial charge in [-0.3, -0.25) is 14.1 Å². The maximum absolute atomic E-state index is 13.4. The minimum Gasteiger partial charge on any atom is -0.508 e. The number of unbranched alkanes of at least 4 members (excludes halogenated alkanes) is 2. The summed E-state index contributed by atoms with van der Waals surface area (Å²) in [6.45, 7) is 11.2. The minimum absolute atomic E-state index is 0.0441. The molecular weight excluding hydrogens is 975 g/mol. The molecule has 0 aromatic heterocycles. The molecule has 0 radical (unpaired) electrons. The van der Waals surface area contributed by atoms with E-state index in [0.29, 0.717) is 48.0 Å². The van der Waals surface area contributed by atoms with Gasteiger partial charge in [0.25, 0.3) is 10.1 Å². The quantitative estimate of drug-likeness (QED) is 0.00685. The van der Waals surface area contributed by atoms with Crippen LogP contribution in [0.2, 0.25) is 0 Å². The van der Waals surface area contributed by atoms with Crippen molar-refractivity contribution in [1.29, 1.82) is 0 Å². The van der Waals surface area contributed by atoms with Crippen molar-refractivity contribution >= 4 is 68.1 Å². The van der Waals surface area contributed by atoms with Gasteiger partial charge in [0.05, 0.1) is 46.4 Å². The number of allylic oxidation sites excluding steroid dienone is 6. The Hall–Kier alpha value is -7.35. The van der Waals surface area contributed by atoms with E-state index in [9.17, 15) is 47.5 Å². The van der Waals surface area contributed by atoms with Crippen LogP contribution in [0.25, 0.3) is 33.4 Å². The van der Waals surface area contributed by atoms with Crippen molar-refractivity contribution in [3.63, 3.8) is 0 Å². The molecule has 0 saturated heterocycles. The number of carboxylic acids is 2. The van der Waals surface area contributed by atoms with Gasteiger partial charge < -0.3 is 30.0 Å². The van der Waals surface area contributed by atoms with Crippen LogP contribution in [0.5, 0.6) is 5.75 Å². The largest absolute Gasteiger partial charge is 0.508 e. The van der Waals surface area contributed by atoms with Crippen LogP contribution >= 0.6 is 12.0 Å². The molecule has 0 spiro atoms. The molecule has 3 aliphatic heterocycles. The molecular formula is C55H54N3O13S2+. The predicted octanol–water partition coefficient (Wildman–Crippen LogP) is 10.5. The molecule has 4 aromatic carbocycles. The van der Waals surface area contributed by atoms with Crippen LogP contribution in [0, 0.1) is 0 Å². The first kappa shape index (κ1) is 52.0. The molecule has 0 atom stereocenters. The summed E-state index contributed by atoms with van der Waals surface area (Å²) in [6.07, 6.45) is 11.4. The van der Waals surface area contributed by atoms with Gasteiger partial charge in [-0.15, -0.1) is 0 Å². The molecule has 1 amide bonds. The number of aromatic carboxylic acids is 2. The fourth-order valence-electron chi connectivity index (χ4n) is 10.1. The lowest BCUT2D eigenvalue weighted by Gasteiger charge is -2.27. The summed E-state index contributed by atoms with van der Waals surface area (Å²) in [5, 5.41) is 42.3. The van der Waals surface area contributed by atoms with E-state index in [2.05, 4.69) is 41.1 Å². The van der Waals surface area contributed by atoms with E-state index in [4.69, 9.17) is 9.67 Å². The number of carbonyl (C=O) groups is 3. The normalized spacial score (nSPS) is 15.5. The summed E-state index contributed by atoms with van der Waals surface area (Å²) < 4.78 is 48.7. The molecule has 8 rings (SSSR count). The average Bonchev–Trinajstić information content (AvgIpc) is 3.69. The second-order valence-corrected chi connectivity index (χ2v) is 21.0. The van der Waals surface area contributed by atoms with Crippen molar-refractivity contribution in [2.45, 2.75) is 87.5 Å². The third-order valence-corrected chi connectivity index (χ3v) is 15.0. The van der Waals surface area contributed by atoms with Crippen molar-refractivity contribution < 1.29 is 61.3 Å². The van der Waals surface area contributed by atoms with Crippen LogP contribution in [-0.2, 0) is 36.6 Å². The third-order valence-electron chi connectivity index (χ3n) is 13.6. The number of aromatic hydroxyl groups is 1. The summed E-state index contributed by atoms with van der Waals surface area (Å²) in [5.41, 5.74) is 4.14. The fraction of sp³-hybridized carbons (Fsp3) is 0.255. The number of phenolic OH excluding ortho intramolecular Hbond substituents is 1. The number of hydrogen-bond acceptors (Lipinski definition) is 12. The lowest BCUT2D eigenvalue weighted by Crippen LogP contribution is -2.28. The number of carbonyl (C=O) groups excluding carboxylic acids is 1. The van der Waals surface area contributed by atoms with Crippen LogP contribution in [-0.4, -0.2) is 74.8 Å². The van der Waals surface area contributed by atoms with E-state index in [1.165, 1.54) is 48.5 Å². The van der Waals surface area contributed by atoms with Gasteiger partial charge in [-0.25, -0.2) is 14.8 Å². The maximum atomic E-state index is 13.4. The average molecular weight is 1030 g/mol. The monoisotopic (exact) mass is 1030 g/mol. The number of anilines is 1. The molecule has 378 valence electrons. The van der Waals surface area contributed by atoms with E-state index in [0.717, 1.165) is 57.8 Å². The highest BCUT2D eigenvalue weighted by Gasteiger charge is 2.45. The Bertz CT molecular complexity index is 3500. The second kappa shape index (κ2) is 20.6. The van der Waals surface area contributed by atoms with E-state index in [1.807, 2.05) is 67.3 Å². The van der Waals surface area contributed by atoms with E-state index >= 15 is 0 Å². The second-order valence-electron chi connectivity index (χ2n) is 18.8. The highest BCUT2D eigenvalue weighted by molar-refractivity contribution is 7.94. The number of para-hydroxylation sites is 1. The first-order valence-corrected chi connectivity index (χ1v) is 25.7. The van der Waals surface area contributed by atoms with Crippen molar-refractivity contribution in [3.05, 3.63) is 159 Å². The third kappa shape index (κ3) is 10.1. The van der Waals surface area contributed by atoms with Crippen LogP contribution in [0.15, 0.2) is 140 Å². The molecule has 4 aromatic rings. The Morgan fingerprint density at radius 3 is 2.34 bits per heavy atom. The number of rotatable bonds is 18. The Morgan fingerprint density at radius 2 is 1.63 bits per heavy atom. The van der Waals surface area contributed by atoms with Crippen molar-refractivity contribution in [2.75, 3.05) is 18.0 Å². The van der Waals surface area contributed by atoms with Gasteiger partial charge >= 0.3 is 11.9 Å². The van der Waals surface area contributed by atoms with Crippen LogP contribution in [0.4, 0.5) is 11.4 Å². The van der Waals surface area contributed by atoms with Crippen LogP contribution < -0.4 is 15.6 Å². The summed E-state index contributed by atoms with van der Waals surface area (Å²) >= 11 is 0.885. The Kier molecular flexibility index (Phi) is 14.7. The molecule has 6 N–H and O–H groups in total. The Labute approximate surface area is 425 Å². The number of amides is 1. The lowest BCUT2D eigenvalue weighted by atomic mass is 9.81. The van der Waals surface area contributed by atoms with E-state index in [-0.39, 0.29) is 68.5 Å². The summed E-state index contributed by atoms with van der Waals surface area (Å²) in [5.74, 6) is -3.19. The molecule has 16 nitrogen and oxygen atoms in total.